The average Bonchev–Trinajstić information content (AvgIpc) is 2.84. The highest BCUT2D eigenvalue weighted by Crippen LogP contribution is 2.23. The van der Waals surface area contributed by atoms with Crippen molar-refractivity contribution >= 4 is 17.6 Å². The molecule has 3 nitrogen and oxygen atoms in total. The summed E-state index contributed by atoms with van der Waals surface area (Å²) in [5, 5.41) is 6.52. The number of hydrogen-bond donors (Lipinski definition) is 0. The third-order valence-electron chi connectivity index (χ3n) is 5.55. The predicted molar refractivity (Wildman–Crippen MR) is 136 cm³/mol. The number of hydrazone groups is 1. The van der Waals surface area contributed by atoms with Crippen molar-refractivity contribution in [3.8, 4) is 0 Å². The summed E-state index contributed by atoms with van der Waals surface area (Å²) in [7, 11) is 1.97. The van der Waals surface area contributed by atoms with Crippen LogP contribution in [0.4, 0.5) is 11.4 Å². The van der Waals surface area contributed by atoms with E-state index in [1.165, 1.54) is 22.4 Å². The molecule has 0 saturated heterocycles. The van der Waals surface area contributed by atoms with Crippen molar-refractivity contribution in [1.29, 1.82) is 0 Å². The molecule has 4 rings (SSSR count). The molecule has 0 aliphatic carbocycles. The van der Waals surface area contributed by atoms with Gasteiger partial charge in [0.25, 0.3) is 0 Å². The van der Waals surface area contributed by atoms with Gasteiger partial charge in [0.05, 0.1) is 11.9 Å². The van der Waals surface area contributed by atoms with Crippen molar-refractivity contribution < 1.29 is 0 Å². The molecule has 0 spiro atoms. The second-order valence-corrected chi connectivity index (χ2v) is 7.97. The van der Waals surface area contributed by atoms with Crippen molar-refractivity contribution in [2.75, 3.05) is 17.0 Å². The SMILES string of the molecule is Cc1cc(N(Cc2ccccc2)Cc2ccccc2)ccc1/C=N/N(C)c1ccccc1. The molecule has 0 radical (unpaired) electrons. The number of hydrogen-bond acceptors (Lipinski definition) is 3. The zero-order chi connectivity index (χ0) is 22.2. The summed E-state index contributed by atoms with van der Waals surface area (Å²) in [4.78, 5) is 2.43. The predicted octanol–water partition coefficient (Wildman–Crippen LogP) is 6.67. The third kappa shape index (κ3) is 5.64. The van der Waals surface area contributed by atoms with Gasteiger partial charge in [0.1, 0.15) is 0 Å². The van der Waals surface area contributed by atoms with Crippen LogP contribution in [0.5, 0.6) is 0 Å². The first kappa shape index (κ1) is 21.4. The van der Waals surface area contributed by atoms with E-state index >= 15 is 0 Å². The summed E-state index contributed by atoms with van der Waals surface area (Å²) in [5.74, 6) is 0. The van der Waals surface area contributed by atoms with Gasteiger partial charge in [-0.3, -0.25) is 5.01 Å². The average molecular weight is 420 g/mol. The molecule has 0 bridgehead atoms. The number of aryl methyl sites for hydroxylation is 1. The highest BCUT2D eigenvalue weighted by Gasteiger charge is 2.10. The minimum absolute atomic E-state index is 0.860. The maximum Gasteiger partial charge on any atom is 0.0590 e. The third-order valence-corrected chi connectivity index (χ3v) is 5.55. The van der Waals surface area contributed by atoms with E-state index in [-0.39, 0.29) is 0 Å². The molecular weight excluding hydrogens is 390 g/mol. The monoisotopic (exact) mass is 419 g/mol. The molecule has 0 aliphatic rings. The van der Waals surface area contributed by atoms with Crippen LogP contribution in [0.25, 0.3) is 0 Å². The van der Waals surface area contributed by atoms with Crippen molar-refractivity contribution in [2.24, 2.45) is 5.10 Å². The van der Waals surface area contributed by atoms with Crippen LogP contribution in [0, 0.1) is 6.92 Å². The summed E-state index contributed by atoms with van der Waals surface area (Å²) in [6, 6.07) is 38.1. The lowest BCUT2D eigenvalue weighted by Gasteiger charge is -2.26. The van der Waals surface area contributed by atoms with Crippen LogP contribution in [0.3, 0.4) is 0 Å². The van der Waals surface area contributed by atoms with Crippen molar-refractivity contribution in [3.05, 3.63) is 131 Å². The van der Waals surface area contributed by atoms with E-state index in [1.54, 1.807) is 0 Å². The molecule has 4 aromatic carbocycles. The second-order valence-electron chi connectivity index (χ2n) is 7.97. The number of para-hydroxylation sites is 1. The zero-order valence-corrected chi connectivity index (χ0v) is 18.7. The van der Waals surface area contributed by atoms with Gasteiger partial charge in [-0.15, -0.1) is 0 Å². The summed E-state index contributed by atoms with van der Waals surface area (Å²) >= 11 is 0. The standard InChI is InChI=1S/C29H29N3/c1-24-20-29(19-18-27(24)21-30-31(2)28-16-10-5-11-17-28)32(22-25-12-6-3-7-13-25)23-26-14-8-4-9-15-26/h3-21H,22-23H2,1-2H3/b30-21+. The summed E-state index contributed by atoms with van der Waals surface area (Å²) in [6.45, 7) is 3.87. The smallest absolute Gasteiger partial charge is 0.0590 e. The Labute approximate surface area is 191 Å². The zero-order valence-electron chi connectivity index (χ0n) is 18.7. The summed E-state index contributed by atoms with van der Waals surface area (Å²) in [6.07, 6.45) is 1.94. The summed E-state index contributed by atoms with van der Waals surface area (Å²) < 4.78 is 0. The second kappa shape index (κ2) is 10.5. The van der Waals surface area contributed by atoms with Crippen LogP contribution in [0.15, 0.2) is 114 Å². The van der Waals surface area contributed by atoms with Gasteiger partial charge in [-0.1, -0.05) is 84.9 Å². The van der Waals surface area contributed by atoms with Crippen LogP contribution in [-0.2, 0) is 13.1 Å². The molecule has 32 heavy (non-hydrogen) atoms. The first-order valence-corrected chi connectivity index (χ1v) is 11.0. The van der Waals surface area contributed by atoms with Crippen LogP contribution in [0.1, 0.15) is 22.3 Å². The van der Waals surface area contributed by atoms with Gasteiger partial charge in [-0.25, -0.2) is 0 Å². The topological polar surface area (TPSA) is 18.8 Å². The molecule has 160 valence electrons. The number of anilines is 2. The van der Waals surface area contributed by atoms with E-state index in [1.807, 2.05) is 36.5 Å². The van der Waals surface area contributed by atoms with Crippen LogP contribution in [-0.4, -0.2) is 13.3 Å². The maximum absolute atomic E-state index is 4.63. The Bertz CT molecular complexity index is 1100. The Kier molecular flexibility index (Phi) is 6.98. The highest BCUT2D eigenvalue weighted by molar-refractivity contribution is 5.83. The molecule has 0 N–H and O–H groups in total. The molecule has 0 fully saturated rings. The number of rotatable bonds is 8. The maximum atomic E-state index is 4.63. The van der Waals surface area contributed by atoms with Gasteiger partial charge in [-0.05, 0) is 53.4 Å². The Morgan fingerprint density at radius 2 is 1.19 bits per heavy atom. The van der Waals surface area contributed by atoms with E-state index in [0.29, 0.717) is 0 Å². The van der Waals surface area contributed by atoms with Gasteiger partial charge >= 0.3 is 0 Å². The molecule has 0 unspecified atom stereocenters. The minimum atomic E-state index is 0.860. The Morgan fingerprint density at radius 3 is 1.72 bits per heavy atom. The molecular formula is C29H29N3. The van der Waals surface area contributed by atoms with Crippen LogP contribution < -0.4 is 9.91 Å². The van der Waals surface area contributed by atoms with Crippen molar-refractivity contribution in [2.45, 2.75) is 20.0 Å². The van der Waals surface area contributed by atoms with Gasteiger partial charge in [0.15, 0.2) is 0 Å². The fourth-order valence-electron chi connectivity index (χ4n) is 3.71. The Morgan fingerprint density at radius 1 is 0.656 bits per heavy atom. The molecule has 0 amide bonds. The van der Waals surface area contributed by atoms with Crippen LogP contribution in [0.2, 0.25) is 0 Å². The fraction of sp³-hybridized carbons (Fsp3) is 0.138. The molecule has 0 aromatic heterocycles. The van der Waals surface area contributed by atoms with Gasteiger partial charge in [0.2, 0.25) is 0 Å². The van der Waals surface area contributed by atoms with E-state index in [0.717, 1.165) is 24.3 Å². The molecule has 4 aromatic rings. The van der Waals surface area contributed by atoms with Crippen molar-refractivity contribution in [3.63, 3.8) is 0 Å². The van der Waals surface area contributed by atoms with Crippen molar-refractivity contribution in [1.82, 2.24) is 0 Å². The fourth-order valence-corrected chi connectivity index (χ4v) is 3.71. The quantitative estimate of drug-likeness (QED) is 0.234. The normalized spacial score (nSPS) is 10.9. The minimum Gasteiger partial charge on any atom is -0.363 e. The Balaban J connectivity index is 1.56. The number of nitrogens with zero attached hydrogens (tertiary/aromatic N) is 3. The molecule has 3 heteroatoms. The molecule has 0 saturated carbocycles. The lowest BCUT2D eigenvalue weighted by Crippen LogP contribution is -2.22. The summed E-state index contributed by atoms with van der Waals surface area (Å²) in [5.41, 5.74) is 7.21. The van der Waals surface area contributed by atoms with E-state index < -0.39 is 0 Å². The number of benzene rings is 4. The lowest BCUT2D eigenvalue weighted by atomic mass is 10.1. The largest absolute Gasteiger partial charge is 0.363 e. The van der Waals surface area contributed by atoms with Gasteiger partial charge < -0.3 is 4.90 Å². The van der Waals surface area contributed by atoms with E-state index in [9.17, 15) is 0 Å². The molecule has 0 heterocycles. The van der Waals surface area contributed by atoms with E-state index in [2.05, 4.69) is 108 Å². The first-order valence-electron chi connectivity index (χ1n) is 11.0. The van der Waals surface area contributed by atoms with E-state index in [4.69, 9.17) is 0 Å². The van der Waals surface area contributed by atoms with Crippen LogP contribution >= 0.6 is 0 Å². The highest BCUT2D eigenvalue weighted by atomic mass is 15.4. The molecule has 0 aliphatic heterocycles. The van der Waals surface area contributed by atoms with Gasteiger partial charge in [0, 0.05) is 25.8 Å². The Hall–Kier alpha value is -3.85. The van der Waals surface area contributed by atoms with Gasteiger partial charge in [-0.2, -0.15) is 5.10 Å². The first-order chi connectivity index (χ1) is 15.7. The lowest BCUT2D eigenvalue weighted by molar-refractivity contribution is 0.799. The molecule has 0 atom stereocenters.